The van der Waals surface area contributed by atoms with Gasteiger partial charge in [-0.1, -0.05) is 11.6 Å². The first-order valence-electron chi connectivity index (χ1n) is 9.13. The van der Waals surface area contributed by atoms with Gasteiger partial charge in [-0.25, -0.2) is 0 Å². The number of halogens is 1. The highest BCUT2D eigenvalue weighted by Crippen LogP contribution is 2.39. The Hall–Kier alpha value is -2.70. The first-order chi connectivity index (χ1) is 13.4. The molecule has 1 aliphatic heterocycles. The number of hydrogen-bond donors (Lipinski definition) is 2. The number of rotatable bonds is 6. The van der Waals surface area contributed by atoms with Gasteiger partial charge in [0.25, 0.3) is 11.7 Å². The van der Waals surface area contributed by atoms with Crippen LogP contribution in [0, 0.1) is 0 Å². The topological polar surface area (TPSA) is 74.9 Å². The molecule has 0 bridgehead atoms. The Balaban J connectivity index is 2.06. The van der Waals surface area contributed by atoms with Gasteiger partial charge < -0.3 is 14.9 Å². The molecule has 3 rings (SSSR count). The fraction of sp³-hybridized carbons (Fsp3) is 0.286. The number of ketones is 1. The summed E-state index contributed by atoms with van der Waals surface area (Å²) in [5, 5.41) is 11.4. The Morgan fingerprint density at radius 2 is 1.79 bits per heavy atom. The van der Waals surface area contributed by atoms with E-state index >= 15 is 0 Å². The smallest absolute Gasteiger partial charge is 0.295 e. The SMILES string of the molecule is C[NH+](C)CCCN1C(=O)C(=O)/C(=C(/O)c2ccc(Cl)cc2)[C@@H]1c1ccncc1. The molecule has 1 aromatic carbocycles. The lowest BCUT2D eigenvalue weighted by atomic mass is 9.96. The zero-order valence-electron chi connectivity index (χ0n) is 15.9. The minimum absolute atomic E-state index is 0.0933. The fourth-order valence-electron chi connectivity index (χ4n) is 3.37. The summed E-state index contributed by atoms with van der Waals surface area (Å²) < 4.78 is 0. The first kappa shape index (κ1) is 20.0. The maximum absolute atomic E-state index is 12.8. The lowest BCUT2D eigenvalue weighted by Crippen LogP contribution is -3.05. The maximum atomic E-state index is 12.8. The number of Topliss-reactive ketones (excluding diaryl/α,β-unsaturated/α-hetero) is 1. The van der Waals surface area contributed by atoms with Crippen LogP contribution in [0.5, 0.6) is 0 Å². The standard InChI is InChI=1S/C21H22ClN3O3/c1-24(2)12-3-13-25-18(14-8-10-23-11-9-14)17(20(27)21(25)28)19(26)15-4-6-16(22)7-5-15/h4-11,18,26H,3,12-13H2,1-2H3/p+1/b19-17+/t18-/m0/s1. The van der Waals surface area contributed by atoms with Gasteiger partial charge in [-0.3, -0.25) is 14.6 Å². The zero-order chi connectivity index (χ0) is 20.3. The largest absolute Gasteiger partial charge is 0.507 e. The minimum Gasteiger partial charge on any atom is -0.507 e. The molecule has 1 saturated heterocycles. The summed E-state index contributed by atoms with van der Waals surface area (Å²) in [6, 6.07) is 9.40. The predicted octanol–water partition coefficient (Wildman–Crippen LogP) is 1.69. The number of benzene rings is 1. The number of hydrogen-bond acceptors (Lipinski definition) is 4. The third kappa shape index (κ3) is 4.08. The molecule has 0 saturated carbocycles. The Bertz CT molecular complexity index is 895. The maximum Gasteiger partial charge on any atom is 0.295 e. The van der Waals surface area contributed by atoms with Crippen molar-refractivity contribution in [3.8, 4) is 0 Å². The number of likely N-dealkylation sites (tertiary alicyclic amines) is 1. The van der Waals surface area contributed by atoms with Gasteiger partial charge in [0.2, 0.25) is 0 Å². The van der Waals surface area contributed by atoms with Gasteiger partial charge >= 0.3 is 0 Å². The molecule has 28 heavy (non-hydrogen) atoms. The van der Waals surface area contributed by atoms with Crippen molar-refractivity contribution in [1.82, 2.24) is 9.88 Å². The molecule has 0 radical (unpaired) electrons. The van der Waals surface area contributed by atoms with Crippen LogP contribution >= 0.6 is 11.6 Å². The Morgan fingerprint density at radius 3 is 2.39 bits per heavy atom. The van der Waals surface area contributed by atoms with Crippen LogP contribution in [0.1, 0.15) is 23.6 Å². The van der Waals surface area contributed by atoms with Gasteiger partial charge in [-0.05, 0) is 42.0 Å². The number of carbonyl (C=O) groups is 2. The Morgan fingerprint density at radius 1 is 1.14 bits per heavy atom. The first-order valence-corrected chi connectivity index (χ1v) is 9.51. The number of pyridine rings is 1. The lowest BCUT2D eigenvalue weighted by Gasteiger charge is -2.25. The van der Waals surface area contributed by atoms with E-state index in [0.717, 1.165) is 18.5 Å². The van der Waals surface area contributed by atoms with Crippen LogP contribution in [0.3, 0.4) is 0 Å². The van der Waals surface area contributed by atoms with Gasteiger partial charge in [0.1, 0.15) is 5.76 Å². The van der Waals surface area contributed by atoms with Crippen LogP contribution < -0.4 is 4.90 Å². The molecule has 2 N–H and O–H groups in total. The fourth-order valence-corrected chi connectivity index (χ4v) is 3.50. The third-order valence-electron chi connectivity index (χ3n) is 4.76. The number of nitrogens with zero attached hydrogens (tertiary/aromatic N) is 2. The van der Waals surface area contributed by atoms with Crippen LogP contribution in [0.15, 0.2) is 54.4 Å². The van der Waals surface area contributed by atoms with Gasteiger partial charge in [0.05, 0.1) is 32.3 Å². The summed E-state index contributed by atoms with van der Waals surface area (Å²) in [5.74, 6) is -1.46. The molecule has 0 aliphatic carbocycles. The lowest BCUT2D eigenvalue weighted by molar-refractivity contribution is -0.858. The number of nitrogens with one attached hydrogen (secondary N) is 1. The summed E-state index contributed by atoms with van der Waals surface area (Å²) in [6.45, 7) is 1.30. The van der Waals surface area contributed by atoms with E-state index in [1.807, 2.05) is 14.1 Å². The van der Waals surface area contributed by atoms with Crippen molar-refractivity contribution in [2.75, 3.05) is 27.2 Å². The molecule has 0 unspecified atom stereocenters. The highest BCUT2D eigenvalue weighted by molar-refractivity contribution is 6.46. The molecule has 1 fully saturated rings. The molecule has 146 valence electrons. The second-order valence-electron chi connectivity index (χ2n) is 7.09. The van der Waals surface area contributed by atoms with E-state index in [9.17, 15) is 14.7 Å². The quantitative estimate of drug-likeness (QED) is 0.439. The molecule has 7 heteroatoms. The van der Waals surface area contributed by atoms with E-state index in [2.05, 4.69) is 4.98 Å². The Kier molecular flexibility index (Phi) is 6.11. The number of amides is 1. The van der Waals surface area contributed by atoms with E-state index < -0.39 is 17.7 Å². The van der Waals surface area contributed by atoms with E-state index in [1.54, 1.807) is 53.7 Å². The van der Waals surface area contributed by atoms with E-state index in [4.69, 9.17) is 11.6 Å². The van der Waals surface area contributed by atoms with Crippen molar-refractivity contribution in [2.24, 2.45) is 0 Å². The number of aliphatic hydroxyl groups excluding tert-OH is 1. The molecule has 1 atom stereocenters. The molecule has 1 aromatic heterocycles. The van der Waals surface area contributed by atoms with E-state index in [-0.39, 0.29) is 11.3 Å². The second-order valence-corrected chi connectivity index (χ2v) is 7.53. The average Bonchev–Trinajstić information content (AvgIpc) is 2.93. The van der Waals surface area contributed by atoms with Gasteiger partial charge in [0, 0.05) is 35.9 Å². The molecular formula is C21H23ClN3O3+. The predicted molar refractivity (Wildman–Crippen MR) is 107 cm³/mol. The van der Waals surface area contributed by atoms with Gasteiger partial charge in [0.15, 0.2) is 0 Å². The minimum atomic E-state index is -0.675. The molecular weight excluding hydrogens is 378 g/mol. The van der Waals surface area contributed by atoms with Crippen molar-refractivity contribution in [2.45, 2.75) is 12.5 Å². The van der Waals surface area contributed by atoms with Crippen LogP contribution in [0.25, 0.3) is 5.76 Å². The molecule has 2 aromatic rings. The van der Waals surface area contributed by atoms with Crippen LogP contribution in [0.4, 0.5) is 0 Å². The summed E-state index contributed by atoms with van der Waals surface area (Å²) in [4.78, 5) is 32.4. The van der Waals surface area contributed by atoms with Crippen LogP contribution in [-0.4, -0.2) is 53.9 Å². The normalized spacial score (nSPS) is 18.9. The highest BCUT2D eigenvalue weighted by atomic mass is 35.5. The molecule has 6 nitrogen and oxygen atoms in total. The Labute approximate surface area is 169 Å². The van der Waals surface area contributed by atoms with Crippen LogP contribution in [-0.2, 0) is 9.59 Å². The number of aromatic nitrogens is 1. The van der Waals surface area contributed by atoms with E-state index in [0.29, 0.717) is 17.1 Å². The number of quaternary nitrogens is 1. The highest BCUT2D eigenvalue weighted by Gasteiger charge is 2.45. The van der Waals surface area contributed by atoms with Crippen molar-refractivity contribution in [1.29, 1.82) is 0 Å². The van der Waals surface area contributed by atoms with Crippen LogP contribution in [0.2, 0.25) is 5.02 Å². The van der Waals surface area contributed by atoms with Crippen molar-refractivity contribution in [3.05, 3.63) is 70.5 Å². The molecule has 1 amide bonds. The summed E-state index contributed by atoms with van der Waals surface area (Å²) in [5.41, 5.74) is 1.27. The second kappa shape index (κ2) is 8.54. The third-order valence-corrected chi connectivity index (χ3v) is 5.01. The van der Waals surface area contributed by atoms with Gasteiger partial charge in [-0.15, -0.1) is 0 Å². The number of aliphatic hydroxyl groups is 1. The average molecular weight is 401 g/mol. The van der Waals surface area contributed by atoms with E-state index in [1.165, 1.54) is 4.90 Å². The molecule has 1 aliphatic rings. The molecule has 0 spiro atoms. The molecule has 2 heterocycles. The van der Waals surface area contributed by atoms with Crippen molar-refractivity contribution < 1.29 is 19.6 Å². The van der Waals surface area contributed by atoms with Gasteiger partial charge in [-0.2, -0.15) is 0 Å². The number of carbonyl (C=O) groups excluding carboxylic acids is 2. The summed E-state index contributed by atoms with van der Waals surface area (Å²) in [6.07, 6.45) is 3.97. The van der Waals surface area contributed by atoms with Crippen molar-refractivity contribution >= 4 is 29.1 Å². The van der Waals surface area contributed by atoms with Crippen molar-refractivity contribution in [3.63, 3.8) is 0 Å². The zero-order valence-corrected chi connectivity index (χ0v) is 16.6. The summed E-state index contributed by atoms with van der Waals surface area (Å²) in [7, 11) is 4.07. The summed E-state index contributed by atoms with van der Waals surface area (Å²) >= 11 is 5.92. The monoisotopic (exact) mass is 400 g/mol.